The fourth-order valence-electron chi connectivity index (χ4n) is 0.955. The molecule has 0 aromatic carbocycles. The molecule has 1 aromatic rings. The molecule has 0 bridgehead atoms. The fraction of sp³-hybridized carbons (Fsp3) is 0.333. The lowest BCUT2D eigenvalue weighted by Gasteiger charge is -2.02. The molecule has 0 amide bonds. The van der Waals surface area contributed by atoms with Crippen LogP contribution in [-0.2, 0) is 0 Å². The minimum Gasteiger partial charge on any atom is -0.489 e. The van der Waals surface area contributed by atoms with Crippen molar-refractivity contribution in [3.05, 3.63) is 24.0 Å². The van der Waals surface area contributed by atoms with Gasteiger partial charge in [-0.05, 0) is 25.0 Å². The Bertz CT molecular complexity index is 316. The highest BCUT2D eigenvalue weighted by Crippen LogP contribution is 2.25. The summed E-state index contributed by atoms with van der Waals surface area (Å²) < 4.78 is 5.40. The Morgan fingerprint density at radius 1 is 1.54 bits per heavy atom. The second-order valence-electron chi connectivity index (χ2n) is 3.00. The average molecular weight is 179 g/mol. The van der Waals surface area contributed by atoms with Crippen molar-refractivity contribution in [2.45, 2.75) is 18.9 Å². The van der Waals surface area contributed by atoms with E-state index in [0.717, 1.165) is 12.8 Å². The highest BCUT2D eigenvalue weighted by Gasteiger charge is 2.23. The number of ether oxygens (including phenoxy) is 1. The minimum atomic E-state index is -1.02. The summed E-state index contributed by atoms with van der Waals surface area (Å²) in [6.45, 7) is 0. The average Bonchev–Trinajstić information content (AvgIpc) is 2.89. The third-order valence-electron chi connectivity index (χ3n) is 1.78. The Hall–Kier alpha value is -1.58. The van der Waals surface area contributed by atoms with Gasteiger partial charge in [-0.25, -0.2) is 9.78 Å². The van der Waals surface area contributed by atoms with Gasteiger partial charge >= 0.3 is 5.97 Å². The second kappa shape index (κ2) is 3.05. The van der Waals surface area contributed by atoms with Gasteiger partial charge in [0.15, 0.2) is 0 Å². The SMILES string of the molecule is O=C(O)c1ccc(OC2CC2)cn1. The number of carboxylic acids is 1. The molecule has 0 spiro atoms. The Balaban J connectivity index is 2.08. The third-order valence-corrected chi connectivity index (χ3v) is 1.78. The summed E-state index contributed by atoms with van der Waals surface area (Å²) >= 11 is 0. The van der Waals surface area contributed by atoms with Crippen LogP contribution in [-0.4, -0.2) is 22.2 Å². The number of hydrogen-bond acceptors (Lipinski definition) is 3. The normalized spacial score (nSPS) is 15.4. The van der Waals surface area contributed by atoms with Crippen molar-refractivity contribution < 1.29 is 14.6 Å². The lowest BCUT2D eigenvalue weighted by atomic mass is 10.3. The molecular formula is C9H9NO3. The van der Waals surface area contributed by atoms with Gasteiger partial charge in [-0.15, -0.1) is 0 Å². The molecule has 0 atom stereocenters. The molecule has 0 unspecified atom stereocenters. The molecule has 1 aromatic heterocycles. The summed E-state index contributed by atoms with van der Waals surface area (Å²) in [7, 11) is 0. The minimum absolute atomic E-state index is 0.0446. The molecular weight excluding hydrogens is 170 g/mol. The van der Waals surface area contributed by atoms with E-state index in [0.29, 0.717) is 11.9 Å². The first kappa shape index (κ1) is 8.04. The lowest BCUT2D eigenvalue weighted by molar-refractivity contribution is 0.0690. The van der Waals surface area contributed by atoms with Gasteiger partial charge in [0.2, 0.25) is 0 Å². The van der Waals surface area contributed by atoms with E-state index in [9.17, 15) is 4.79 Å². The first-order chi connectivity index (χ1) is 6.25. The number of hydrogen-bond donors (Lipinski definition) is 1. The molecule has 0 saturated heterocycles. The smallest absolute Gasteiger partial charge is 0.354 e. The lowest BCUT2D eigenvalue weighted by Crippen LogP contribution is -2.01. The maximum absolute atomic E-state index is 10.4. The van der Waals surface area contributed by atoms with Crippen LogP contribution < -0.4 is 4.74 Å². The van der Waals surface area contributed by atoms with E-state index in [2.05, 4.69) is 4.98 Å². The van der Waals surface area contributed by atoms with Gasteiger partial charge in [0.25, 0.3) is 0 Å². The van der Waals surface area contributed by atoms with Crippen LogP contribution in [0.2, 0.25) is 0 Å². The maximum atomic E-state index is 10.4. The van der Waals surface area contributed by atoms with Crippen LogP contribution in [0.4, 0.5) is 0 Å². The standard InChI is InChI=1S/C9H9NO3/c11-9(12)8-4-3-7(5-10-8)13-6-1-2-6/h3-6H,1-2H2,(H,11,12). The van der Waals surface area contributed by atoms with Crippen LogP contribution >= 0.6 is 0 Å². The monoisotopic (exact) mass is 179 g/mol. The highest BCUT2D eigenvalue weighted by atomic mass is 16.5. The number of aromatic carboxylic acids is 1. The molecule has 2 rings (SSSR count). The van der Waals surface area contributed by atoms with E-state index in [1.165, 1.54) is 12.3 Å². The van der Waals surface area contributed by atoms with Crippen molar-refractivity contribution >= 4 is 5.97 Å². The predicted octanol–water partition coefficient (Wildman–Crippen LogP) is 1.32. The summed E-state index contributed by atoms with van der Waals surface area (Å²) in [5, 5.41) is 8.57. The zero-order chi connectivity index (χ0) is 9.26. The summed E-state index contributed by atoms with van der Waals surface area (Å²) in [5.74, 6) is -0.370. The highest BCUT2D eigenvalue weighted by molar-refractivity contribution is 5.85. The molecule has 1 aliphatic carbocycles. The number of pyridine rings is 1. The Labute approximate surface area is 75.2 Å². The molecule has 1 aliphatic rings. The quantitative estimate of drug-likeness (QED) is 0.760. The van der Waals surface area contributed by atoms with Crippen LogP contribution in [0.3, 0.4) is 0 Å². The van der Waals surface area contributed by atoms with E-state index >= 15 is 0 Å². The van der Waals surface area contributed by atoms with Gasteiger partial charge in [0, 0.05) is 0 Å². The number of aromatic nitrogens is 1. The van der Waals surface area contributed by atoms with Crippen molar-refractivity contribution in [2.24, 2.45) is 0 Å². The van der Waals surface area contributed by atoms with E-state index in [4.69, 9.17) is 9.84 Å². The van der Waals surface area contributed by atoms with Crippen LogP contribution in [0.25, 0.3) is 0 Å². The van der Waals surface area contributed by atoms with Gasteiger partial charge in [-0.2, -0.15) is 0 Å². The van der Waals surface area contributed by atoms with E-state index < -0.39 is 5.97 Å². The summed E-state index contributed by atoms with van der Waals surface area (Å²) in [6, 6.07) is 3.08. The molecule has 0 aliphatic heterocycles. The molecule has 13 heavy (non-hydrogen) atoms. The number of nitrogens with zero attached hydrogens (tertiary/aromatic N) is 1. The van der Waals surface area contributed by atoms with Gasteiger partial charge < -0.3 is 9.84 Å². The van der Waals surface area contributed by atoms with E-state index in [1.807, 2.05) is 0 Å². The maximum Gasteiger partial charge on any atom is 0.354 e. The van der Waals surface area contributed by atoms with Crippen molar-refractivity contribution in [3.8, 4) is 5.75 Å². The van der Waals surface area contributed by atoms with Gasteiger partial charge in [0.1, 0.15) is 11.4 Å². The van der Waals surface area contributed by atoms with E-state index in [1.54, 1.807) is 6.07 Å². The molecule has 68 valence electrons. The van der Waals surface area contributed by atoms with Gasteiger partial charge in [-0.1, -0.05) is 0 Å². The zero-order valence-electron chi connectivity index (χ0n) is 6.93. The van der Waals surface area contributed by atoms with Crippen molar-refractivity contribution in [1.82, 2.24) is 4.98 Å². The van der Waals surface area contributed by atoms with Crippen LogP contribution in [0.5, 0.6) is 5.75 Å². The van der Waals surface area contributed by atoms with Crippen LogP contribution in [0, 0.1) is 0 Å². The number of carboxylic acid groups (broad SMARTS) is 1. The predicted molar refractivity (Wildman–Crippen MR) is 44.8 cm³/mol. The van der Waals surface area contributed by atoms with E-state index in [-0.39, 0.29) is 5.69 Å². The number of rotatable bonds is 3. The topological polar surface area (TPSA) is 59.4 Å². The van der Waals surface area contributed by atoms with Crippen molar-refractivity contribution in [3.63, 3.8) is 0 Å². The molecule has 0 radical (unpaired) electrons. The third kappa shape index (κ3) is 1.96. The van der Waals surface area contributed by atoms with Gasteiger partial charge in [-0.3, -0.25) is 0 Å². The first-order valence-corrected chi connectivity index (χ1v) is 4.12. The summed E-state index contributed by atoms with van der Waals surface area (Å²) in [4.78, 5) is 14.2. The Kier molecular flexibility index (Phi) is 1.88. The molecule has 1 heterocycles. The summed E-state index contributed by atoms with van der Waals surface area (Å²) in [6.07, 6.45) is 3.93. The van der Waals surface area contributed by atoms with Crippen molar-refractivity contribution in [1.29, 1.82) is 0 Å². The molecule has 1 N–H and O–H groups in total. The second-order valence-corrected chi connectivity index (χ2v) is 3.00. The van der Waals surface area contributed by atoms with Crippen molar-refractivity contribution in [2.75, 3.05) is 0 Å². The molecule has 4 nitrogen and oxygen atoms in total. The Morgan fingerprint density at radius 2 is 2.31 bits per heavy atom. The molecule has 1 fully saturated rings. The molecule has 4 heteroatoms. The Morgan fingerprint density at radius 3 is 2.77 bits per heavy atom. The van der Waals surface area contributed by atoms with Crippen LogP contribution in [0.1, 0.15) is 23.3 Å². The fourth-order valence-corrected chi connectivity index (χ4v) is 0.955. The van der Waals surface area contributed by atoms with Crippen LogP contribution in [0.15, 0.2) is 18.3 Å². The van der Waals surface area contributed by atoms with Gasteiger partial charge in [0.05, 0.1) is 12.3 Å². The summed E-state index contributed by atoms with van der Waals surface area (Å²) in [5.41, 5.74) is 0.0446. The zero-order valence-corrected chi connectivity index (χ0v) is 6.93. The molecule has 1 saturated carbocycles. The first-order valence-electron chi connectivity index (χ1n) is 4.12. The number of carbonyl (C=O) groups is 1. The largest absolute Gasteiger partial charge is 0.489 e.